The van der Waals surface area contributed by atoms with E-state index in [1.165, 1.54) is 19.4 Å². The number of esters is 2. The van der Waals surface area contributed by atoms with Crippen LogP contribution in [0.4, 0.5) is 0 Å². The third-order valence-electron chi connectivity index (χ3n) is 10.7. The highest BCUT2D eigenvalue weighted by molar-refractivity contribution is 5.66. The van der Waals surface area contributed by atoms with Crippen molar-refractivity contribution in [3.63, 3.8) is 0 Å². The minimum atomic E-state index is -1.60. The van der Waals surface area contributed by atoms with Gasteiger partial charge >= 0.3 is 11.9 Å². The van der Waals surface area contributed by atoms with Gasteiger partial charge in [0.15, 0.2) is 12.4 Å². The Kier molecular flexibility index (Phi) is 12.7. The van der Waals surface area contributed by atoms with Crippen molar-refractivity contribution in [2.24, 2.45) is 29.6 Å². The zero-order valence-electron chi connectivity index (χ0n) is 29.6. The molecule has 4 rings (SSSR count). The van der Waals surface area contributed by atoms with Crippen LogP contribution >= 0.6 is 0 Å². The van der Waals surface area contributed by atoms with Gasteiger partial charge in [-0.05, 0) is 57.4 Å². The zero-order chi connectivity index (χ0) is 35.7. The number of ether oxygens (including phenoxy) is 6. The highest BCUT2D eigenvalue weighted by Gasteiger charge is 2.54. The van der Waals surface area contributed by atoms with Crippen LogP contribution in [-0.4, -0.2) is 114 Å². The second kappa shape index (κ2) is 15.8. The fraction of sp³-hybridized carbons (Fsp3) is 0.778. The predicted octanol–water partition coefficient (Wildman–Crippen LogP) is 2.61. The Balaban J connectivity index is 1.83. The number of aliphatic hydroxyl groups is 4. The van der Waals surface area contributed by atoms with Crippen molar-refractivity contribution in [1.82, 2.24) is 0 Å². The van der Waals surface area contributed by atoms with E-state index < -0.39 is 72.5 Å². The van der Waals surface area contributed by atoms with E-state index in [1.807, 2.05) is 20.8 Å². The minimum absolute atomic E-state index is 0.00578. The van der Waals surface area contributed by atoms with Crippen molar-refractivity contribution in [3.8, 4) is 0 Å². The van der Waals surface area contributed by atoms with Gasteiger partial charge in [0.2, 0.25) is 0 Å². The molecule has 272 valence electrons. The van der Waals surface area contributed by atoms with Gasteiger partial charge in [-0.25, -0.2) is 0 Å². The first-order valence-electron chi connectivity index (χ1n) is 17.1. The molecule has 0 amide bonds. The molecule has 3 aliphatic carbocycles. The van der Waals surface area contributed by atoms with Gasteiger partial charge in [-0.3, -0.25) is 9.59 Å². The molecule has 1 heterocycles. The van der Waals surface area contributed by atoms with Crippen LogP contribution in [0.5, 0.6) is 0 Å². The lowest BCUT2D eigenvalue weighted by Gasteiger charge is -2.46. The van der Waals surface area contributed by atoms with Crippen molar-refractivity contribution in [1.29, 1.82) is 0 Å². The second-order valence-electron chi connectivity index (χ2n) is 14.5. The maximum Gasteiger partial charge on any atom is 0.303 e. The van der Waals surface area contributed by atoms with Crippen molar-refractivity contribution in [2.75, 3.05) is 26.9 Å². The van der Waals surface area contributed by atoms with Crippen LogP contribution in [0.3, 0.4) is 0 Å². The van der Waals surface area contributed by atoms with E-state index in [0.29, 0.717) is 12.2 Å². The fourth-order valence-electron chi connectivity index (χ4n) is 8.11. The average Bonchev–Trinajstić information content (AvgIpc) is 3.60. The van der Waals surface area contributed by atoms with Gasteiger partial charge < -0.3 is 48.8 Å². The summed E-state index contributed by atoms with van der Waals surface area (Å²) < 4.78 is 35.3. The molecule has 0 aromatic carbocycles. The Hall–Kier alpha value is -2.16. The molecule has 0 spiro atoms. The third-order valence-corrected chi connectivity index (χ3v) is 10.7. The Labute approximate surface area is 284 Å². The summed E-state index contributed by atoms with van der Waals surface area (Å²) in [6.45, 7) is 16.2. The molecule has 4 aliphatic rings. The first-order chi connectivity index (χ1) is 22.5. The Morgan fingerprint density at radius 2 is 1.73 bits per heavy atom. The number of methoxy groups -OCH3 is 1. The molecule has 1 saturated heterocycles. The lowest BCUT2D eigenvalue weighted by molar-refractivity contribution is -0.320. The predicted molar refractivity (Wildman–Crippen MR) is 174 cm³/mol. The van der Waals surface area contributed by atoms with E-state index in [-0.39, 0.29) is 43.3 Å². The Morgan fingerprint density at radius 3 is 2.33 bits per heavy atom. The third kappa shape index (κ3) is 8.07. The van der Waals surface area contributed by atoms with Crippen LogP contribution in [-0.2, 0) is 38.0 Å². The number of fused-ring (bicyclic) bond motifs is 2. The molecule has 4 N–H and O–H groups in total. The van der Waals surface area contributed by atoms with E-state index in [4.69, 9.17) is 28.4 Å². The van der Waals surface area contributed by atoms with E-state index in [0.717, 1.165) is 24.0 Å². The summed E-state index contributed by atoms with van der Waals surface area (Å²) in [5.74, 6) is -2.19. The molecular formula is C36H56O12. The van der Waals surface area contributed by atoms with Crippen LogP contribution in [0, 0.1) is 29.6 Å². The summed E-state index contributed by atoms with van der Waals surface area (Å²) in [6, 6.07) is 0. The first-order valence-corrected chi connectivity index (χ1v) is 17.1. The normalized spacial score (nSPS) is 37.8. The first kappa shape index (κ1) is 38.6. The van der Waals surface area contributed by atoms with Gasteiger partial charge in [0, 0.05) is 38.7 Å². The summed E-state index contributed by atoms with van der Waals surface area (Å²) in [4.78, 5) is 24.0. The number of hydrogen-bond donors (Lipinski definition) is 4. The molecule has 1 saturated carbocycles. The van der Waals surface area contributed by atoms with Gasteiger partial charge in [-0.2, -0.15) is 0 Å². The molecule has 0 bridgehead atoms. The van der Waals surface area contributed by atoms with Crippen LogP contribution in [0.1, 0.15) is 67.7 Å². The standard InChI is InChI=1S/C36H56O12/c1-10-36(7,8)45-16-26-31(41)32(42)34(46-21(6)38)35(47-26)48-33-29-24(17(2)14-44-20(5)37)13-25(39)28(29)19(4)27-22(15-43-9)11-12-23(27)18(3)30(33)40/h10,17-18,22-23,25-26,28,30-35,39-42H,1,11-16H2,2-9H3. The lowest BCUT2D eigenvalue weighted by atomic mass is 9.71. The molecule has 0 aromatic rings. The maximum absolute atomic E-state index is 12.3. The van der Waals surface area contributed by atoms with Gasteiger partial charge in [0.05, 0.1) is 37.6 Å². The molecular weight excluding hydrogens is 624 g/mol. The fourth-order valence-corrected chi connectivity index (χ4v) is 8.11. The van der Waals surface area contributed by atoms with Gasteiger partial charge in [-0.15, -0.1) is 6.58 Å². The number of hydrogen-bond acceptors (Lipinski definition) is 12. The molecule has 13 unspecified atom stereocenters. The van der Waals surface area contributed by atoms with E-state index in [2.05, 4.69) is 6.58 Å². The Morgan fingerprint density at radius 1 is 1.04 bits per heavy atom. The summed E-state index contributed by atoms with van der Waals surface area (Å²) in [6.07, 6.45) is -6.51. The van der Waals surface area contributed by atoms with Crippen molar-refractivity contribution < 1.29 is 58.4 Å². The lowest BCUT2D eigenvalue weighted by Crippen LogP contribution is -2.62. The van der Waals surface area contributed by atoms with Crippen molar-refractivity contribution in [2.45, 2.75) is 122 Å². The summed E-state index contributed by atoms with van der Waals surface area (Å²) in [7, 11) is 1.67. The highest BCUT2D eigenvalue weighted by Crippen LogP contribution is 2.53. The molecule has 13 atom stereocenters. The average molecular weight is 681 g/mol. The molecule has 1 aliphatic heterocycles. The maximum atomic E-state index is 12.3. The molecule has 2 fully saturated rings. The van der Waals surface area contributed by atoms with E-state index >= 15 is 0 Å². The summed E-state index contributed by atoms with van der Waals surface area (Å²) in [5, 5.41) is 46.3. The smallest absolute Gasteiger partial charge is 0.303 e. The molecule has 12 heteroatoms. The van der Waals surface area contributed by atoms with E-state index in [9.17, 15) is 30.0 Å². The highest BCUT2D eigenvalue weighted by atomic mass is 16.7. The van der Waals surface area contributed by atoms with Gasteiger partial charge in [0.1, 0.15) is 24.4 Å². The number of aliphatic hydroxyl groups excluding tert-OH is 4. The second-order valence-corrected chi connectivity index (χ2v) is 14.5. The minimum Gasteiger partial charge on any atom is -0.465 e. The number of carbonyl (C=O) groups is 2. The van der Waals surface area contributed by atoms with Crippen LogP contribution in [0.15, 0.2) is 34.9 Å². The van der Waals surface area contributed by atoms with Gasteiger partial charge in [0.25, 0.3) is 0 Å². The monoisotopic (exact) mass is 680 g/mol. The van der Waals surface area contributed by atoms with Crippen molar-refractivity contribution in [3.05, 3.63) is 34.9 Å². The summed E-state index contributed by atoms with van der Waals surface area (Å²) >= 11 is 0. The zero-order valence-corrected chi connectivity index (χ0v) is 29.6. The van der Waals surface area contributed by atoms with Crippen molar-refractivity contribution >= 4 is 11.9 Å². The van der Waals surface area contributed by atoms with Crippen LogP contribution in [0.25, 0.3) is 0 Å². The van der Waals surface area contributed by atoms with Crippen LogP contribution in [0.2, 0.25) is 0 Å². The summed E-state index contributed by atoms with van der Waals surface area (Å²) in [5.41, 5.74) is 2.86. The molecule has 0 aromatic heterocycles. The Bertz CT molecular complexity index is 1240. The quantitative estimate of drug-likeness (QED) is 0.176. The largest absolute Gasteiger partial charge is 0.465 e. The topological polar surface area (TPSA) is 170 Å². The number of carbonyl (C=O) groups excluding carboxylic acids is 2. The van der Waals surface area contributed by atoms with Gasteiger partial charge in [-0.1, -0.05) is 36.6 Å². The van der Waals surface area contributed by atoms with E-state index in [1.54, 1.807) is 27.0 Å². The molecule has 48 heavy (non-hydrogen) atoms. The van der Waals surface area contributed by atoms with Crippen LogP contribution < -0.4 is 0 Å². The molecule has 12 nitrogen and oxygen atoms in total. The molecule has 0 radical (unpaired) electrons. The number of rotatable bonds is 12. The SMILES string of the molecule is C=CC(C)(C)OCC1OC(OC2C3=C(C(C)COC(C)=O)CC(O)C3C(C)=C3C(COC)CCC3C(C)C2O)C(OC(C)=O)C(O)C1O.